The van der Waals surface area contributed by atoms with Crippen molar-refractivity contribution in [2.45, 2.75) is 31.7 Å². The number of nitrogens with zero attached hydrogens (tertiary/aromatic N) is 1. The highest BCUT2D eigenvalue weighted by Gasteiger charge is 2.24. The molecule has 27 heavy (non-hydrogen) atoms. The van der Waals surface area contributed by atoms with Crippen LogP contribution in [-0.2, 0) is 11.2 Å². The van der Waals surface area contributed by atoms with E-state index >= 15 is 0 Å². The molecule has 3 rings (SSSR count). The zero-order valence-corrected chi connectivity index (χ0v) is 16.5. The van der Waals surface area contributed by atoms with Gasteiger partial charge < -0.3 is 10.1 Å². The molecule has 1 atom stereocenters. The second-order valence-electron chi connectivity index (χ2n) is 6.96. The molecule has 0 bridgehead atoms. The number of likely N-dealkylation sites (tertiary alicyclic amines) is 1. The predicted octanol–water partition coefficient (Wildman–Crippen LogP) is 4.23. The van der Waals surface area contributed by atoms with Crippen molar-refractivity contribution in [2.24, 2.45) is 0 Å². The maximum atomic E-state index is 12.5. The van der Waals surface area contributed by atoms with E-state index in [1.54, 1.807) is 7.11 Å². The van der Waals surface area contributed by atoms with Gasteiger partial charge in [0.05, 0.1) is 19.6 Å². The van der Waals surface area contributed by atoms with Crippen LogP contribution in [0.4, 0.5) is 0 Å². The van der Waals surface area contributed by atoms with Gasteiger partial charge in [0.2, 0.25) is 5.91 Å². The molecule has 144 valence electrons. The molecular formula is C22H27ClN2O2. The first-order valence-electron chi connectivity index (χ1n) is 9.55. The average Bonchev–Trinajstić information content (AvgIpc) is 2.71. The summed E-state index contributed by atoms with van der Waals surface area (Å²) in [5, 5.41) is 3.87. The normalized spacial score (nSPS) is 15.9. The van der Waals surface area contributed by atoms with E-state index in [0.29, 0.717) is 13.0 Å². The van der Waals surface area contributed by atoms with Crippen LogP contribution in [-0.4, -0.2) is 37.6 Å². The van der Waals surface area contributed by atoms with E-state index in [9.17, 15) is 4.79 Å². The van der Waals surface area contributed by atoms with Gasteiger partial charge in [0.1, 0.15) is 5.75 Å². The van der Waals surface area contributed by atoms with Gasteiger partial charge in [-0.1, -0.05) is 48.4 Å². The molecule has 1 aliphatic heterocycles. The van der Waals surface area contributed by atoms with Crippen LogP contribution < -0.4 is 10.1 Å². The third-order valence-corrected chi connectivity index (χ3v) is 5.46. The number of nitrogens with one attached hydrogen (secondary N) is 1. The number of ether oxygens (including phenoxy) is 1. The summed E-state index contributed by atoms with van der Waals surface area (Å²) in [5.41, 5.74) is 2.06. The van der Waals surface area contributed by atoms with Crippen molar-refractivity contribution in [3.05, 3.63) is 64.7 Å². The maximum absolute atomic E-state index is 12.5. The van der Waals surface area contributed by atoms with Gasteiger partial charge in [-0.3, -0.25) is 9.69 Å². The Morgan fingerprint density at radius 3 is 2.48 bits per heavy atom. The van der Waals surface area contributed by atoms with E-state index in [1.807, 2.05) is 42.5 Å². The van der Waals surface area contributed by atoms with E-state index in [1.165, 1.54) is 19.3 Å². The lowest BCUT2D eigenvalue weighted by Crippen LogP contribution is -2.41. The van der Waals surface area contributed by atoms with Crippen molar-refractivity contribution in [3.8, 4) is 5.75 Å². The van der Waals surface area contributed by atoms with Crippen molar-refractivity contribution >= 4 is 17.5 Å². The summed E-state index contributed by atoms with van der Waals surface area (Å²) in [6.07, 6.45) is 4.02. The number of benzene rings is 2. The highest BCUT2D eigenvalue weighted by molar-refractivity contribution is 6.31. The van der Waals surface area contributed by atoms with E-state index in [0.717, 1.165) is 35.0 Å². The lowest BCUT2D eigenvalue weighted by Gasteiger charge is -2.35. The van der Waals surface area contributed by atoms with Gasteiger partial charge >= 0.3 is 0 Å². The monoisotopic (exact) mass is 386 g/mol. The number of hydrogen-bond donors (Lipinski definition) is 1. The van der Waals surface area contributed by atoms with Gasteiger partial charge in [-0.25, -0.2) is 0 Å². The Labute approximate surface area is 166 Å². The fraction of sp³-hybridized carbons (Fsp3) is 0.409. The first-order chi connectivity index (χ1) is 13.2. The lowest BCUT2D eigenvalue weighted by atomic mass is 10.0. The summed E-state index contributed by atoms with van der Waals surface area (Å²) in [6, 6.07) is 15.7. The van der Waals surface area contributed by atoms with E-state index in [2.05, 4.69) is 16.3 Å². The average molecular weight is 387 g/mol. The fourth-order valence-corrected chi connectivity index (χ4v) is 3.87. The van der Waals surface area contributed by atoms with Crippen molar-refractivity contribution in [1.29, 1.82) is 0 Å². The SMILES string of the molecule is COc1ccc(CC(=O)NC[C@H](c2ccccc2Cl)N2CCCCC2)cc1. The smallest absolute Gasteiger partial charge is 0.224 e. The quantitative estimate of drug-likeness (QED) is 0.774. The zero-order valence-electron chi connectivity index (χ0n) is 15.8. The first kappa shape index (κ1) is 19.7. The Hall–Kier alpha value is -2.04. The number of halogens is 1. The number of hydrogen-bond acceptors (Lipinski definition) is 3. The molecule has 5 heteroatoms. The minimum absolute atomic E-state index is 0.0224. The first-order valence-corrected chi connectivity index (χ1v) is 9.93. The predicted molar refractivity (Wildman–Crippen MR) is 109 cm³/mol. The van der Waals surface area contributed by atoms with E-state index in [-0.39, 0.29) is 11.9 Å². The molecule has 1 N–H and O–H groups in total. The van der Waals surface area contributed by atoms with Gasteiger partial charge in [-0.2, -0.15) is 0 Å². The van der Waals surface area contributed by atoms with Crippen molar-refractivity contribution < 1.29 is 9.53 Å². The fourth-order valence-electron chi connectivity index (χ4n) is 3.61. The largest absolute Gasteiger partial charge is 0.497 e. The van der Waals surface area contributed by atoms with Crippen molar-refractivity contribution in [2.75, 3.05) is 26.7 Å². The van der Waals surface area contributed by atoms with E-state index < -0.39 is 0 Å². The topological polar surface area (TPSA) is 41.6 Å². The molecule has 0 aromatic heterocycles. The van der Waals surface area contributed by atoms with Crippen LogP contribution in [0, 0.1) is 0 Å². The summed E-state index contributed by atoms with van der Waals surface area (Å²) < 4.78 is 5.16. The standard InChI is InChI=1S/C22H27ClN2O2/c1-27-18-11-9-17(10-12-18)15-22(26)24-16-21(25-13-5-2-6-14-25)19-7-3-4-8-20(19)23/h3-4,7-12,21H,2,5-6,13-16H2,1H3,(H,24,26)/t21-/m1/s1. The molecule has 0 unspecified atom stereocenters. The molecule has 4 nitrogen and oxygen atoms in total. The van der Waals surface area contributed by atoms with Crippen LogP contribution in [0.15, 0.2) is 48.5 Å². The van der Waals surface area contributed by atoms with Crippen LogP contribution >= 0.6 is 11.6 Å². The number of carbonyl (C=O) groups excluding carboxylic acids is 1. The minimum Gasteiger partial charge on any atom is -0.497 e. The van der Waals surface area contributed by atoms with Crippen LogP contribution in [0.1, 0.15) is 36.4 Å². The molecule has 0 saturated carbocycles. The molecule has 1 fully saturated rings. The zero-order chi connectivity index (χ0) is 19.1. The molecule has 1 heterocycles. The highest BCUT2D eigenvalue weighted by atomic mass is 35.5. The van der Waals surface area contributed by atoms with Gasteiger partial charge in [-0.15, -0.1) is 0 Å². The highest BCUT2D eigenvalue weighted by Crippen LogP contribution is 2.29. The Bertz CT molecular complexity index is 742. The number of piperidine rings is 1. The maximum Gasteiger partial charge on any atom is 0.224 e. The second kappa shape index (κ2) is 9.77. The molecule has 1 aliphatic rings. The summed E-state index contributed by atoms with van der Waals surface area (Å²) >= 11 is 6.46. The summed E-state index contributed by atoms with van der Waals surface area (Å²) in [4.78, 5) is 14.9. The van der Waals surface area contributed by atoms with Crippen molar-refractivity contribution in [3.63, 3.8) is 0 Å². The summed E-state index contributed by atoms with van der Waals surface area (Å²) in [6.45, 7) is 2.66. The molecule has 1 saturated heterocycles. The van der Waals surface area contributed by atoms with Gasteiger partial charge in [0.15, 0.2) is 0 Å². The van der Waals surface area contributed by atoms with Gasteiger partial charge in [-0.05, 0) is 55.3 Å². The molecular weight excluding hydrogens is 360 g/mol. The Kier molecular flexibility index (Phi) is 7.13. The number of carbonyl (C=O) groups is 1. The number of methoxy groups -OCH3 is 1. The van der Waals surface area contributed by atoms with Crippen LogP contribution in [0.2, 0.25) is 5.02 Å². The van der Waals surface area contributed by atoms with E-state index in [4.69, 9.17) is 16.3 Å². The Morgan fingerprint density at radius 2 is 1.81 bits per heavy atom. The third kappa shape index (κ3) is 5.47. The Balaban J connectivity index is 1.64. The molecule has 0 radical (unpaired) electrons. The van der Waals surface area contributed by atoms with Gasteiger partial charge in [0.25, 0.3) is 0 Å². The minimum atomic E-state index is 0.0224. The Morgan fingerprint density at radius 1 is 1.11 bits per heavy atom. The molecule has 0 spiro atoms. The van der Waals surface area contributed by atoms with Crippen LogP contribution in [0.3, 0.4) is 0 Å². The van der Waals surface area contributed by atoms with Gasteiger partial charge in [0, 0.05) is 11.6 Å². The second-order valence-corrected chi connectivity index (χ2v) is 7.37. The molecule has 0 aliphatic carbocycles. The van der Waals surface area contributed by atoms with Crippen LogP contribution in [0.25, 0.3) is 0 Å². The van der Waals surface area contributed by atoms with Crippen molar-refractivity contribution in [1.82, 2.24) is 10.2 Å². The summed E-state index contributed by atoms with van der Waals surface area (Å²) in [5.74, 6) is 0.817. The molecule has 2 aromatic carbocycles. The summed E-state index contributed by atoms with van der Waals surface area (Å²) in [7, 11) is 1.64. The molecule has 1 amide bonds. The third-order valence-electron chi connectivity index (χ3n) is 5.11. The number of rotatable bonds is 7. The van der Waals surface area contributed by atoms with Crippen LogP contribution in [0.5, 0.6) is 5.75 Å². The lowest BCUT2D eigenvalue weighted by molar-refractivity contribution is -0.120. The molecule has 2 aromatic rings. The number of amides is 1.